The maximum atomic E-state index is 5.53. The van der Waals surface area contributed by atoms with E-state index < -0.39 is 0 Å². The predicted octanol–water partition coefficient (Wildman–Crippen LogP) is 0.285. The number of hydrogen-bond acceptors (Lipinski definition) is 4. The molecule has 0 radical (unpaired) electrons. The summed E-state index contributed by atoms with van der Waals surface area (Å²) in [6.45, 7) is 3.17. The Bertz CT molecular complexity index is 121. The van der Waals surface area contributed by atoms with E-state index >= 15 is 0 Å². The molecule has 1 fully saturated rings. The second-order valence-electron chi connectivity index (χ2n) is 2.85. The van der Waals surface area contributed by atoms with Crippen molar-refractivity contribution in [3.63, 3.8) is 0 Å². The molecule has 0 aromatic carbocycles. The van der Waals surface area contributed by atoms with E-state index in [4.69, 9.17) is 14.3 Å². The number of methoxy groups -OCH3 is 1. The van der Waals surface area contributed by atoms with Crippen LogP contribution >= 0.6 is 0 Å². The van der Waals surface area contributed by atoms with Crippen LogP contribution in [0.3, 0.4) is 0 Å². The van der Waals surface area contributed by atoms with Gasteiger partial charge in [0.05, 0.1) is 26.4 Å². The van der Waals surface area contributed by atoms with E-state index in [2.05, 4.69) is 0 Å². The van der Waals surface area contributed by atoms with Crippen molar-refractivity contribution >= 4 is 0 Å². The zero-order chi connectivity index (χ0) is 8.81. The first-order chi connectivity index (χ1) is 5.86. The molecule has 4 nitrogen and oxygen atoms in total. The van der Waals surface area contributed by atoms with Gasteiger partial charge >= 0.3 is 0 Å². The SMILES string of the molecule is COC[C@@H]1CCN(OC)CCO1. The molecule has 1 heterocycles. The zero-order valence-electron chi connectivity index (χ0n) is 7.78. The number of hydroxylamine groups is 2. The molecule has 0 bridgehead atoms. The molecule has 0 spiro atoms. The molecule has 1 saturated heterocycles. The van der Waals surface area contributed by atoms with Gasteiger partial charge in [-0.2, -0.15) is 5.06 Å². The van der Waals surface area contributed by atoms with Crippen LogP contribution in [0.1, 0.15) is 6.42 Å². The Balaban J connectivity index is 2.24. The number of ether oxygens (including phenoxy) is 2. The van der Waals surface area contributed by atoms with E-state index in [1.54, 1.807) is 14.2 Å². The molecule has 72 valence electrons. The van der Waals surface area contributed by atoms with Crippen LogP contribution in [-0.2, 0) is 14.3 Å². The fourth-order valence-electron chi connectivity index (χ4n) is 1.30. The van der Waals surface area contributed by atoms with Crippen molar-refractivity contribution in [1.29, 1.82) is 0 Å². The van der Waals surface area contributed by atoms with E-state index in [9.17, 15) is 0 Å². The maximum Gasteiger partial charge on any atom is 0.0822 e. The molecule has 4 heteroatoms. The van der Waals surface area contributed by atoms with Crippen LogP contribution in [-0.4, -0.2) is 51.7 Å². The van der Waals surface area contributed by atoms with Crippen LogP contribution in [0.2, 0.25) is 0 Å². The Kier molecular flexibility index (Phi) is 4.53. The molecule has 0 N–H and O–H groups in total. The van der Waals surface area contributed by atoms with Crippen molar-refractivity contribution in [3.05, 3.63) is 0 Å². The third-order valence-electron chi connectivity index (χ3n) is 2.01. The molecule has 12 heavy (non-hydrogen) atoms. The predicted molar refractivity (Wildman–Crippen MR) is 44.8 cm³/mol. The van der Waals surface area contributed by atoms with Crippen LogP contribution in [0, 0.1) is 0 Å². The van der Waals surface area contributed by atoms with Crippen molar-refractivity contribution < 1.29 is 14.3 Å². The van der Waals surface area contributed by atoms with Gasteiger partial charge in [0.25, 0.3) is 0 Å². The molecular weight excluding hydrogens is 158 g/mol. The lowest BCUT2D eigenvalue weighted by atomic mass is 10.3. The normalized spacial score (nSPS) is 27.0. The van der Waals surface area contributed by atoms with E-state index in [1.807, 2.05) is 5.06 Å². The van der Waals surface area contributed by atoms with Crippen LogP contribution in [0.25, 0.3) is 0 Å². The Morgan fingerprint density at radius 2 is 2.25 bits per heavy atom. The molecule has 1 aliphatic heterocycles. The minimum Gasteiger partial charge on any atom is -0.382 e. The molecule has 1 rings (SSSR count). The summed E-state index contributed by atoms with van der Waals surface area (Å²) < 4.78 is 10.6. The Hall–Kier alpha value is -0.160. The lowest BCUT2D eigenvalue weighted by Crippen LogP contribution is -2.25. The smallest absolute Gasteiger partial charge is 0.0822 e. The van der Waals surface area contributed by atoms with E-state index in [-0.39, 0.29) is 6.10 Å². The van der Waals surface area contributed by atoms with E-state index in [0.717, 1.165) is 26.1 Å². The number of rotatable bonds is 3. The summed E-state index contributed by atoms with van der Waals surface area (Å²) in [7, 11) is 3.39. The number of nitrogens with zero attached hydrogens (tertiary/aromatic N) is 1. The lowest BCUT2D eigenvalue weighted by molar-refractivity contribution is -0.129. The molecule has 1 atom stereocenters. The van der Waals surface area contributed by atoms with Crippen molar-refractivity contribution in [2.75, 3.05) is 40.5 Å². The van der Waals surface area contributed by atoms with E-state index in [0.29, 0.717) is 6.61 Å². The van der Waals surface area contributed by atoms with Crippen LogP contribution in [0.5, 0.6) is 0 Å². The summed E-state index contributed by atoms with van der Waals surface area (Å²) in [5.74, 6) is 0. The molecule has 0 aromatic rings. The van der Waals surface area contributed by atoms with Crippen molar-refractivity contribution in [3.8, 4) is 0 Å². The largest absolute Gasteiger partial charge is 0.382 e. The third-order valence-corrected chi connectivity index (χ3v) is 2.01. The first-order valence-corrected chi connectivity index (χ1v) is 4.26. The summed E-state index contributed by atoms with van der Waals surface area (Å²) in [5.41, 5.74) is 0. The molecule has 0 unspecified atom stereocenters. The van der Waals surface area contributed by atoms with Crippen LogP contribution < -0.4 is 0 Å². The van der Waals surface area contributed by atoms with Gasteiger partial charge in [-0.1, -0.05) is 0 Å². The standard InChI is InChI=1S/C8H17NO3/c1-10-7-8-3-4-9(11-2)5-6-12-8/h8H,3-7H2,1-2H3/t8-/m0/s1. The highest BCUT2D eigenvalue weighted by molar-refractivity contribution is 4.63. The Labute approximate surface area is 73.3 Å². The highest BCUT2D eigenvalue weighted by Crippen LogP contribution is 2.06. The minimum atomic E-state index is 0.232. The summed E-state index contributed by atoms with van der Waals surface area (Å²) in [6, 6.07) is 0. The molecule has 1 aliphatic rings. The van der Waals surface area contributed by atoms with E-state index in [1.165, 1.54) is 0 Å². The van der Waals surface area contributed by atoms with Gasteiger partial charge in [0, 0.05) is 20.2 Å². The number of hydrogen-bond donors (Lipinski definition) is 0. The molecular formula is C8H17NO3. The first-order valence-electron chi connectivity index (χ1n) is 4.26. The molecule has 0 saturated carbocycles. The zero-order valence-corrected chi connectivity index (χ0v) is 7.78. The van der Waals surface area contributed by atoms with Gasteiger partial charge in [-0.05, 0) is 6.42 Å². The van der Waals surface area contributed by atoms with Crippen LogP contribution in [0.15, 0.2) is 0 Å². The van der Waals surface area contributed by atoms with Gasteiger partial charge in [0.2, 0.25) is 0 Å². The van der Waals surface area contributed by atoms with Crippen molar-refractivity contribution in [2.24, 2.45) is 0 Å². The van der Waals surface area contributed by atoms with Gasteiger partial charge in [0.15, 0.2) is 0 Å². The highest BCUT2D eigenvalue weighted by atomic mass is 16.7. The summed E-state index contributed by atoms with van der Waals surface area (Å²) in [6.07, 6.45) is 1.21. The second kappa shape index (κ2) is 5.48. The third kappa shape index (κ3) is 3.06. The topological polar surface area (TPSA) is 30.9 Å². The van der Waals surface area contributed by atoms with Gasteiger partial charge in [-0.3, -0.25) is 0 Å². The lowest BCUT2D eigenvalue weighted by Gasteiger charge is -2.15. The van der Waals surface area contributed by atoms with Gasteiger partial charge in [-0.15, -0.1) is 0 Å². The average molecular weight is 175 g/mol. The summed E-state index contributed by atoms with van der Waals surface area (Å²) >= 11 is 0. The maximum absolute atomic E-state index is 5.53. The molecule has 0 aromatic heterocycles. The molecule has 0 aliphatic carbocycles. The fourth-order valence-corrected chi connectivity index (χ4v) is 1.30. The summed E-state index contributed by atoms with van der Waals surface area (Å²) in [5, 5.41) is 1.91. The van der Waals surface area contributed by atoms with Crippen molar-refractivity contribution in [2.45, 2.75) is 12.5 Å². The van der Waals surface area contributed by atoms with Gasteiger partial charge in [-0.25, -0.2) is 0 Å². The Morgan fingerprint density at radius 1 is 1.42 bits per heavy atom. The van der Waals surface area contributed by atoms with Crippen LogP contribution in [0.4, 0.5) is 0 Å². The van der Waals surface area contributed by atoms with Gasteiger partial charge < -0.3 is 14.3 Å². The second-order valence-corrected chi connectivity index (χ2v) is 2.85. The van der Waals surface area contributed by atoms with Gasteiger partial charge in [0.1, 0.15) is 0 Å². The minimum absolute atomic E-state index is 0.232. The average Bonchev–Trinajstić information content (AvgIpc) is 2.31. The highest BCUT2D eigenvalue weighted by Gasteiger charge is 2.16. The quantitative estimate of drug-likeness (QED) is 0.616. The summed E-state index contributed by atoms with van der Waals surface area (Å²) in [4.78, 5) is 5.11. The fraction of sp³-hybridized carbons (Fsp3) is 1.00. The first kappa shape index (κ1) is 9.92. The Morgan fingerprint density at radius 3 is 2.92 bits per heavy atom. The monoisotopic (exact) mass is 175 g/mol. The van der Waals surface area contributed by atoms with Crippen molar-refractivity contribution in [1.82, 2.24) is 5.06 Å². The molecule has 0 amide bonds.